The van der Waals surface area contributed by atoms with Crippen LogP contribution in [0.15, 0.2) is 24.3 Å². The summed E-state index contributed by atoms with van der Waals surface area (Å²) in [5, 5.41) is 12.0. The summed E-state index contributed by atoms with van der Waals surface area (Å²) in [6.07, 6.45) is 3.86. The zero-order valence-electron chi connectivity index (χ0n) is 10.5. The first kappa shape index (κ1) is 11.2. The third kappa shape index (κ3) is 2.20. The fraction of sp³-hybridized carbons (Fsp3) is 0.462. The molecule has 0 radical (unpaired) electrons. The normalized spacial score (nSPS) is 16.7. The molecule has 3 rings (SSSR count). The van der Waals surface area contributed by atoms with Crippen molar-refractivity contribution in [3.8, 4) is 11.4 Å². The van der Waals surface area contributed by atoms with Crippen molar-refractivity contribution in [3.05, 3.63) is 24.3 Å². The van der Waals surface area contributed by atoms with Crippen molar-refractivity contribution >= 4 is 5.69 Å². The van der Waals surface area contributed by atoms with E-state index in [0.717, 1.165) is 29.4 Å². The molecule has 18 heavy (non-hydrogen) atoms. The third-order valence-corrected chi connectivity index (χ3v) is 3.45. The summed E-state index contributed by atoms with van der Waals surface area (Å²) < 4.78 is 1.92. The molecule has 0 bridgehead atoms. The molecule has 5 nitrogen and oxygen atoms in total. The van der Waals surface area contributed by atoms with Crippen molar-refractivity contribution in [1.29, 1.82) is 0 Å². The van der Waals surface area contributed by atoms with Gasteiger partial charge in [-0.2, -0.15) is 0 Å². The topological polar surface area (TPSA) is 69.6 Å². The first-order chi connectivity index (χ1) is 8.74. The maximum absolute atomic E-state index is 5.69. The van der Waals surface area contributed by atoms with Crippen molar-refractivity contribution < 1.29 is 0 Å². The lowest BCUT2D eigenvalue weighted by Gasteiger charge is -2.12. The molecule has 2 N–H and O–H groups in total. The van der Waals surface area contributed by atoms with Crippen LogP contribution in [0.5, 0.6) is 0 Å². The summed E-state index contributed by atoms with van der Waals surface area (Å²) in [7, 11) is 0. The molecule has 0 amide bonds. The summed E-state index contributed by atoms with van der Waals surface area (Å²) in [5.41, 5.74) is 7.46. The van der Waals surface area contributed by atoms with Gasteiger partial charge in [-0.25, -0.2) is 4.68 Å². The zero-order chi connectivity index (χ0) is 12.5. The Hall–Kier alpha value is -1.91. The predicted molar refractivity (Wildman–Crippen MR) is 69.7 cm³/mol. The number of hydrogen-bond donors (Lipinski definition) is 1. The van der Waals surface area contributed by atoms with Gasteiger partial charge in [-0.05, 0) is 54.0 Å². The highest BCUT2D eigenvalue weighted by Gasteiger charge is 2.26. The van der Waals surface area contributed by atoms with Crippen LogP contribution >= 0.6 is 0 Å². The number of aromatic nitrogens is 4. The molecular weight excluding hydrogens is 226 g/mol. The van der Waals surface area contributed by atoms with Gasteiger partial charge in [-0.3, -0.25) is 0 Å². The molecule has 1 atom stereocenters. The van der Waals surface area contributed by atoms with Gasteiger partial charge in [0.2, 0.25) is 0 Å². The lowest BCUT2D eigenvalue weighted by molar-refractivity contribution is 0.430. The minimum absolute atomic E-state index is 0.347. The summed E-state index contributed by atoms with van der Waals surface area (Å²) >= 11 is 0. The van der Waals surface area contributed by atoms with Gasteiger partial charge in [0.15, 0.2) is 5.82 Å². The van der Waals surface area contributed by atoms with E-state index >= 15 is 0 Å². The Kier molecular flexibility index (Phi) is 2.74. The van der Waals surface area contributed by atoms with Crippen LogP contribution in [0.4, 0.5) is 5.69 Å². The maximum atomic E-state index is 5.69. The number of tetrazole rings is 1. The molecule has 5 heteroatoms. The van der Waals surface area contributed by atoms with Crippen LogP contribution in [-0.2, 0) is 0 Å². The van der Waals surface area contributed by atoms with E-state index in [1.165, 1.54) is 12.8 Å². The number of hydrogen-bond acceptors (Lipinski definition) is 4. The molecule has 0 saturated heterocycles. The minimum Gasteiger partial charge on any atom is -0.399 e. The van der Waals surface area contributed by atoms with Crippen LogP contribution in [0, 0.1) is 5.92 Å². The van der Waals surface area contributed by atoms with Gasteiger partial charge in [0.25, 0.3) is 0 Å². The Bertz CT molecular complexity index is 527. The monoisotopic (exact) mass is 243 g/mol. The molecule has 1 fully saturated rings. The summed E-state index contributed by atoms with van der Waals surface area (Å²) in [5.74, 6) is 1.69. The Labute approximate surface area is 106 Å². The molecular formula is C13H17N5. The van der Waals surface area contributed by atoms with E-state index in [1.807, 2.05) is 28.9 Å². The molecule has 1 heterocycles. The molecule has 1 unspecified atom stereocenters. The Morgan fingerprint density at radius 1 is 1.33 bits per heavy atom. The molecule has 1 aromatic heterocycles. The second-order valence-electron chi connectivity index (χ2n) is 5.10. The van der Waals surface area contributed by atoms with Gasteiger partial charge in [0, 0.05) is 11.3 Å². The van der Waals surface area contributed by atoms with Gasteiger partial charge in [0.05, 0.1) is 6.04 Å². The number of nitrogen functional groups attached to an aromatic ring is 1. The highest BCUT2D eigenvalue weighted by molar-refractivity contribution is 5.58. The number of nitrogens with two attached hydrogens (primary N) is 1. The maximum Gasteiger partial charge on any atom is 0.182 e. The standard InChI is InChI=1S/C13H17N5/c1-9(8-10-2-3-10)18-13(15-16-17-18)11-4-6-12(14)7-5-11/h4-7,9-10H,2-3,8,14H2,1H3. The number of benzene rings is 1. The quantitative estimate of drug-likeness (QED) is 0.836. The largest absolute Gasteiger partial charge is 0.399 e. The van der Waals surface area contributed by atoms with Crippen LogP contribution in [0.25, 0.3) is 11.4 Å². The Morgan fingerprint density at radius 2 is 2.06 bits per heavy atom. The van der Waals surface area contributed by atoms with Crippen LogP contribution in [0.2, 0.25) is 0 Å². The second kappa shape index (κ2) is 4.40. The smallest absolute Gasteiger partial charge is 0.182 e. The highest BCUT2D eigenvalue weighted by Crippen LogP contribution is 2.37. The molecule has 1 aliphatic rings. The summed E-state index contributed by atoms with van der Waals surface area (Å²) in [6.45, 7) is 2.18. The molecule has 1 saturated carbocycles. The molecule has 94 valence electrons. The SMILES string of the molecule is CC(CC1CC1)n1nnnc1-c1ccc(N)cc1. The van der Waals surface area contributed by atoms with Gasteiger partial charge in [-0.1, -0.05) is 12.8 Å². The average molecular weight is 243 g/mol. The van der Waals surface area contributed by atoms with Crippen LogP contribution < -0.4 is 5.73 Å². The fourth-order valence-corrected chi connectivity index (χ4v) is 2.25. The van der Waals surface area contributed by atoms with E-state index < -0.39 is 0 Å². The Balaban J connectivity index is 1.87. The molecule has 2 aromatic rings. The van der Waals surface area contributed by atoms with E-state index in [4.69, 9.17) is 5.73 Å². The lowest BCUT2D eigenvalue weighted by Crippen LogP contribution is -2.09. The molecule has 0 aliphatic heterocycles. The Morgan fingerprint density at radius 3 is 2.72 bits per heavy atom. The van der Waals surface area contributed by atoms with Crippen molar-refractivity contribution in [1.82, 2.24) is 20.2 Å². The summed E-state index contributed by atoms with van der Waals surface area (Å²) in [6, 6.07) is 8.02. The number of rotatable bonds is 4. The van der Waals surface area contributed by atoms with E-state index in [9.17, 15) is 0 Å². The molecule has 0 spiro atoms. The fourth-order valence-electron chi connectivity index (χ4n) is 2.25. The van der Waals surface area contributed by atoms with Gasteiger partial charge < -0.3 is 5.73 Å². The van der Waals surface area contributed by atoms with Crippen molar-refractivity contribution in [3.63, 3.8) is 0 Å². The zero-order valence-corrected chi connectivity index (χ0v) is 10.5. The first-order valence-electron chi connectivity index (χ1n) is 6.38. The van der Waals surface area contributed by atoms with Crippen molar-refractivity contribution in [2.24, 2.45) is 5.92 Å². The van der Waals surface area contributed by atoms with Crippen LogP contribution in [0.3, 0.4) is 0 Å². The van der Waals surface area contributed by atoms with Crippen LogP contribution in [-0.4, -0.2) is 20.2 Å². The van der Waals surface area contributed by atoms with E-state index in [1.54, 1.807) is 0 Å². The number of anilines is 1. The van der Waals surface area contributed by atoms with Gasteiger partial charge >= 0.3 is 0 Å². The number of nitrogens with zero attached hydrogens (tertiary/aromatic N) is 4. The van der Waals surface area contributed by atoms with Crippen molar-refractivity contribution in [2.75, 3.05) is 5.73 Å². The van der Waals surface area contributed by atoms with Gasteiger partial charge in [0.1, 0.15) is 0 Å². The molecule has 1 aliphatic carbocycles. The minimum atomic E-state index is 0.347. The second-order valence-corrected chi connectivity index (χ2v) is 5.10. The lowest BCUT2D eigenvalue weighted by atomic mass is 10.1. The highest BCUT2D eigenvalue weighted by atomic mass is 15.5. The van der Waals surface area contributed by atoms with E-state index in [2.05, 4.69) is 22.4 Å². The molecule has 1 aromatic carbocycles. The van der Waals surface area contributed by atoms with E-state index in [-0.39, 0.29) is 0 Å². The van der Waals surface area contributed by atoms with Gasteiger partial charge in [-0.15, -0.1) is 5.10 Å². The summed E-state index contributed by atoms with van der Waals surface area (Å²) in [4.78, 5) is 0. The first-order valence-corrected chi connectivity index (χ1v) is 6.38. The third-order valence-electron chi connectivity index (χ3n) is 3.45. The predicted octanol–water partition coefficient (Wildman–Crippen LogP) is 2.28. The van der Waals surface area contributed by atoms with Crippen LogP contribution in [0.1, 0.15) is 32.2 Å². The van der Waals surface area contributed by atoms with Crippen molar-refractivity contribution in [2.45, 2.75) is 32.2 Å². The van der Waals surface area contributed by atoms with E-state index in [0.29, 0.717) is 6.04 Å². The average Bonchev–Trinajstić information content (AvgIpc) is 3.04.